The SMILES string of the molecule is [2H]C1([2H])CC(C2CCC(c3cccc(F)c3F)CC2)CC([2H])([2H])C1/C=C\C. The summed E-state index contributed by atoms with van der Waals surface area (Å²) in [6.45, 7) is 1.80. The molecular weight excluding hydrogens is 290 g/mol. The number of allylic oxidation sites excluding steroid dienone is 2. The number of hydrogen-bond acceptors (Lipinski definition) is 0. The summed E-state index contributed by atoms with van der Waals surface area (Å²) in [5.41, 5.74) is 0.441. The minimum atomic E-state index is -1.57. The van der Waals surface area contributed by atoms with Gasteiger partial charge in [0.25, 0.3) is 0 Å². The first kappa shape index (κ1) is 12.2. The van der Waals surface area contributed by atoms with Crippen molar-refractivity contribution in [2.24, 2.45) is 17.8 Å². The Kier molecular flexibility index (Phi) is 4.03. The van der Waals surface area contributed by atoms with E-state index in [1.165, 1.54) is 0 Å². The van der Waals surface area contributed by atoms with Gasteiger partial charge in [-0.3, -0.25) is 0 Å². The van der Waals surface area contributed by atoms with E-state index in [2.05, 4.69) is 0 Å². The minimum Gasteiger partial charge on any atom is -0.204 e. The summed E-state index contributed by atoms with van der Waals surface area (Å²) in [5, 5.41) is 0. The highest BCUT2D eigenvalue weighted by molar-refractivity contribution is 5.23. The van der Waals surface area contributed by atoms with Crippen molar-refractivity contribution < 1.29 is 14.3 Å². The van der Waals surface area contributed by atoms with Crippen LogP contribution in [0.3, 0.4) is 0 Å². The molecule has 0 atom stereocenters. The van der Waals surface area contributed by atoms with E-state index in [9.17, 15) is 8.78 Å². The van der Waals surface area contributed by atoms with Gasteiger partial charge in [0.15, 0.2) is 11.6 Å². The predicted molar refractivity (Wildman–Crippen MR) is 91.3 cm³/mol. The van der Waals surface area contributed by atoms with Crippen molar-refractivity contribution in [1.82, 2.24) is 0 Å². The van der Waals surface area contributed by atoms with Gasteiger partial charge in [-0.1, -0.05) is 24.3 Å². The van der Waals surface area contributed by atoms with Gasteiger partial charge >= 0.3 is 0 Å². The van der Waals surface area contributed by atoms with Gasteiger partial charge in [0.2, 0.25) is 0 Å². The van der Waals surface area contributed by atoms with Gasteiger partial charge in [0, 0.05) is 5.48 Å². The van der Waals surface area contributed by atoms with Crippen molar-refractivity contribution in [2.45, 2.75) is 64.1 Å². The normalized spacial score (nSPS) is 39.3. The molecule has 0 radical (unpaired) electrons. The number of benzene rings is 1. The summed E-state index contributed by atoms with van der Waals surface area (Å²) in [5.74, 6) is -2.04. The van der Waals surface area contributed by atoms with Crippen molar-refractivity contribution in [3.8, 4) is 0 Å². The highest BCUT2D eigenvalue weighted by atomic mass is 19.2. The Morgan fingerprint density at radius 2 is 1.65 bits per heavy atom. The van der Waals surface area contributed by atoms with Crippen LogP contribution in [0.25, 0.3) is 0 Å². The van der Waals surface area contributed by atoms with Crippen LogP contribution in [0.1, 0.15) is 75.2 Å². The van der Waals surface area contributed by atoms with Crippen LogP contribution in [0.15, 0.2) is 30.4 Å². The Labute approximate surface area is 144 Å². The Bertz CT molecular complexity index is 675. The van der Waals surface area contributed by atoms with Crippen molar-refractivity contribution in [3.05, 3.63) is 47.5 Å². The lowest BCUT2D eigenvalue weighted by atomic mass is 9.68. The lowest BCUT2D eigenvalue weighted by Crippen LogP contribution is -2.25. The van der Waals surface area contributed by atoms with Gasteiger partial charge in [0.05, 0.1) is 0 Å². The van der Waals surface area contributed by atoms with Gasteiger partial charge in [0.1, 0.15) is 0 Å². The molecule has 2 aliphatic rings. The molecule has 23 heavy (non-hydrogen) atoms. The van der Waals surface area contributed by atoms with Crippen molar-refractivity contribution >= 4 is 0 Å². The first-order chi connectivity index (χ1) is 12.7. The van der Waals surface area contributed by atoms with Crippen LogP contribution in [0.5, 0.6) is 0 Å². The molecule has 0 aromatic heterocycles. The van der Waals surface area contributed by atoms with E-state index in [0.29, 0.717) is 18.4 Å². The second-order valence-corrected chi connectivity index (χ2v) is 6.83. The summed E-state index contributed by atoms with van der Waals surface area (Å²) >= 11 is 0. The smallest absolute Gasteiger partial charge is 0.162 e. The second-order valence-electron chi connectivity index (χ2n) is 6.83. The zero-order valence-corrected chi connectivity index (χ0v) is 13.7. The van der Waals surface area contributed by atoms with Crippen molar-refractivity contribution in [3.63, 3.8) is 0 Å². The third-order valence-corrected chi connectivity index (χ3v) is 5.44. The minimum absolute atomic E-state index is 0.00480. The standard InChI is InChI=1S/C21H28F2/c1-2-4-15-7-9-16(10-8-15)17-11-13-18(14-12-17)19-5-3-6-20(22)21(19)23/h2-6,15-18H,7-14H2,1H3/b4-2-/i7D2,8D2. The van der Waals surface area contributed by atoms with E-state index >= 15 is 0 Å². The summed E-state index contributed by atoms with van der Waals surface area (Å²) < 4.78 is 61.2. The van der Waals surface area contributed by atoms with Crippen LogP contribution >= 0.6 is 0 Å². The molecule has 0 aliphatic heterocycles. The third-order valence-electron chi connectivity index (χ3n) is 5.44. The molecule has 1 aromatic carbocycles. The van der Waals surface area contributed by atoms with Gasteiger partial charge < -0.3 is 0 Å². The zero-order chi connectivity index (χ0) is 19.8. The maximum Gasteiger partial charge on any atom is 0.162 e. The van der Waals surface area contributed by atoms with Crippen LogP contribution < -0.4 is 0 Å². The molecule has 0 amide bonds. The molecule has 2 aliphatic carbocycles. The summed E-state index contributed by atoms with van der Waals surface area (Å²) in [6.07, 6.45) is 4.11. The van der Waals surface area contributed by atoms with E-state index < -0.39 is 30.3 Å². The Balaban J connectivity index is 1.69. The van der Waals surface area contributed by atoms with Crippen LogP contribution in [-0.4, -0.2) is 0 Å². The first-order valence-electron chi connectivity index (χ1n) is 10.7. The van der Waals surface area contributed by atoms with E-state index in [-0.39, 0.29) is 17.8 Å². The molecule has 0 spiro atoms. The maximum absolute atomic E-state index is 14.1. The average Bonchev–Trinajstić information content (AvgIpc) is 2.60. The Morgan fingerprint density at radius 1 is 1.00 bits per heavy atom. The zero-order valence-electron chi connectivity index (χ0n) is 17.7. The van der Waals surface area contributed by atoms with Crippen molar-refractivity contribution in [2.75, 3.05) is 0 Å². The summed E-state index contributed by atoms with van der Waals surface area (Å²) in [7, 11) is 0. The molecule has 1 aromatic rings. The molecule has 0 nitrogen and oxygen atoms in total. The quantitative estimate of drug-likeness (QED) is 0.548. The molecule has 126 valence electrons. The molecule has 2 heteroatoms. The Hall–Kier alpha value is -1.18. The fourth-order valence-electron chi connectivity index (χ4n) is 4.10. The van der Waals surface area contributed by atoms with Crippen LogP contribution in [0.4, 0.5) is 8.78 Å². The fourth-order valence-corrected chi connectivity index (χ4v) is 4.10. The molecule has 3 rings (SSSR count). The Morgan fingerprint density at radius 3 is 2.30 bits per heavy atom. The molecule has 0 N–H and O–H groups in total. The topological polar surface area (TPSA) is 0 Å². The number of halogens is 2. The van der Waals surface area contributed by atoms with Gasteiger partial charge in [-0.25, -0.2) is 8.78 Å². The van der Waals surface area contributed by atoms with Crippen LogP contribution in [0.2, 0.25) is 0 Å². The van der Waals surface area contributed by atoms with E-state index in [1.54, 1.807) is 31.2 Å². The van der Waals surface area contributed by atoms with E-state index in [4.69, 9.17) is 5.48 Å². The van der Waals surface area contributed by atoms with Gasteiger partial charge in [-0.2, -0.15) is 0 Å². The monoisotopic (exact) mass is 322 g/mol. The van der Waals surface area contributed by atoms with E-state index in [1.807, 2.05) is 0 Å². The van der Waals surface area contributed by atoms with Crippen LogP contribution in [-0.2, 0) is 0 Å². The molecule has 2 saturated carbocycles. The van der Waals surface area contributed by atoms with E-state index in [0.717, 1.165) is 31.7 Å². The highest BCUT2D eigenvalue weighted by Crippen LogP contribution is 2.44. The largest absolute Gasteiger partial charge is 0.204 e. The average molecular weight is 322 g/mol. The van der Waals surface area contributed by atoms with Gasteiger partial charge in [-0.05, 0) is 93.5 Å². The molecule has 0 heterocycles. The highest BCUT2D eigenvalue weighted by Gasteiger charge is 2.31. The first-order valence-corrected chi connectivity index (χ1v) is 8.72. The lowest BCUT2D eigenvalue weighted by Gasteiger charge is -2.37. The van der Waals surface area contributed by atoms with Gasteiger partial charge in [-0.15, -0.1) is 0 Å². The lowest BCUT2D eigenvalue weighted by molar-refractivity contribution is 0.170. The third kappa shape index (κ3) is 3.84. The molecule has 0 bridgehead atoms. The number of hydrogen-bond donors (Lipinski definition) is 0. The summed E-state index contributed by atoms with van der Waals surface area (Å²) in [6, 6.07) is 4.34. The predicted octanol–water partition coefficient (Wildman–Crippen LogP) is 6.62. The van der Waals surface area contributed by atoms with Crippen molar-refractivity contribution in [1.29, 1.82) is 0 Å². The second kappa shape index (κ2) is 7.59. The molecular formula is C21H28F2. The number of rotatable bonds is 3. The maximum atomic E-state index is 14.1. The summed E-state index contributed by atoms with van der Waals surface area (Å²) in [4.78, 5) is 0. The fraction of sp³-hybridized carbons (Fsp3) is 0.619. The molecule has 0 unspecified atom stereocenters. The molecule has 2 fully saturated rings. The van der Waals surface area contributed by atoms with Crippen LogP contribution in [0, 0.1) is 29.4 Å². The molecule has 0 saturated heterocycles.